The second-order valence-corrected chi connectivity index (χ2v) is 8.58. The number of thioether (sulfide) groups is 1. The van der Waals surface area contributed by atoms with E-state index in [1.54, 1.807) is 35.2 Å². The Bertz CT molecular complexity index is 996. The maximum atomic E-state index is 9.45. The second kappa shape index (κ2) is 7.65. The van der Waals surface area contributed by atoms with Crippen molar-refractivity contribution >= 4 is 51.1 Å². The molecule has 0 spiro atoms. The number of phenolic OH excluding ortho intramolecular Hbond substituents is 1. The van der Waals surface area contributed by atoms with Crippen molar-refractivity contribution in [3.63, 3.8) is 0 Å². The molecule has 0 saturated heterocycles. The van der Waals surface area contributed by atoms with Crippen LogP contribution >= 0.6 is 23.1 Å². The van der Waals surface area contributed by atoms with Crippen molar-refractivity contribution in [3.05, 3.63) is 64.4 Å². The standard InChI is InChI=1S/C20H21N5OS2/c1-25(2)14-7-5-13(6-8-14)22-20-24-18(21)17(28-20)19-23-16(11-27-19)12-3-9-15(26)10-4-12/h3-11,19,23,26H,21H2,1-2H3,(H,22,24). The summed E-state index contributed by atoms with van der Waals surface area (Å²) in [4.78, 5) is 7.53. The van der Waals surface area contributed by atoms with E-state index in [4.69, 9.17) is 5.73 Å². The predicted octanol–water partition coefficient (Wildman–Crippen LogP) is 4.57. The van der Waals surface area contributed by atoms with Crippen molar-refractivity contribution in [2.45, 2.75) is 5.37 Å². The molecule has 0 amide bonds. The molecule has 4 rings (SSSR count). The summed E-state index contributed by atoms with van der Waals surface area (Å²) in [6.45, 7) is 0. The van der Waals surface area contributed by atoms with Gasteiger partial charge in [-0.05, 0) is 59.5 Å². The first-order valence-corrected chi connectivity index (χ1v) is 10.5. The molecule has 1 atom stereocenters. The summed E-state index contributed by atoms with van der Waals surface area (Å²) in [7, 11) is 4.03. The third-order valence-corrected chi connectivity index (χ3v) is 6.54. The van der Waals surface area contributed by atoms with E-state index < -0.39 is 0 Å². The van der Waals surface area contributed by atoms with Gasteiger partial charge in [-0.15, -0.1) is 11.8 Å². The molecule has 0 radical (unpaired) electrons. The summed E-state index contributed by atoms with van der Waals surface area (Å²) in [5, 5.41) is 19.1. The lowest BCUT2D eigenvalue weighted by Gasteiger charge is -2.12. The minimum absolute atomic E-state index is 0.0213. The van der Waals surface area contributed by atoms with E-state index in [2.05, 4.69) is 38.1 Å². The van der Waals surface area contributed by atoms with Crippen LogP contribution in [0.1, 0.15) is 15.8 Å². The average molecular weight is 412 g/mol. The largest absolute Gasteiger partial charge is 0.508 e. The SMILES string of the molecule is CN(C)c1ccc(Nc2nc(N)c(C3NC(c4ccc(O)cc4)=CS3)s2)cc1. The third-order valence-electron chi connectivity index (χ3n) is 4.34. The highest BCUT2D eigenvalue weighted by atomic mass is 32.2. The van der Waals surface area contributed by atoms with Gasteiger partial charge in [0.1, 0.15) is 16.9 Å². The first-order chi connectivity index (χ1) is 13.5. The molecule has 5 N–H and O–H groups in total. The number of hydrogen-bond donors (Lipinski definition) is 4. The van der Waals surface area contributed by atoms with Gasteiger partial charge >= 0.3 is 0 Å². The number of phenols is 1. The maximum absolute atomic E-state index is 9.45. The number of benzene rings is 2. The molecule has 1 aromatic heterocycles. The van der Waals surface area contributed by atoms with Crippen molar-refractivity contribution in [3.8, 4) is 5.75 Å². The van der Waals surface area contributed by atoms with Crippen LogP contribution in [0.3, 0.4) is 0 Å². The lowest BCUT2D eigenvalue weighted by molar-refractivity contribution is 0.475. The summed E-state index contributed by atoms with van der Waals surface area (Å²) in [5.74, 6) is 0.787. The molecule has 6 nitrogen and oxygen atoms in total. The first kappa shape index (κ1) is 18.5. The molecule has 8 heteroatoms. The molecule has 3 aromatic rings. The van der Waals surface area contributed by atoms with Crippen LogP contribution in [-0.2, 0) is 0 Å². The van der Waals surface area contributed by atoms with E-state index in [1.165, 1.54) is 0 Å². The Morgan fingerprint density at radius 2 is 1.82 bits per heavy atom. The van der Waals surface area contributed by atoms with Crippen LogP contribution in [0.5, 0.6) is 5.75 Å². The smallest absolute Gasteiger partial charge is 0.189 e. The van der Waals surface area contributed by atoms with Gasteiger partial charge in [-0.25, -0.2) is 4.98 Å². The van der Waals surface area contributed by atoms with Gasteiger partial charge in [0, 0.05) is 31.2 Å². The van der Waals surface area contributed by atoms with Crippen LogP contribution in [0, 0.1) is 0 Å². The fraction of sp³-hybridized carbons (Fsp3) is 0.150. The van der Waals surface area contributed by atoms with Crippen LogP contribution in [-0.4, -0.2) is 24.2 Å². The summed E-state index contributed by atoms with van der Waals surface area (Å²) >= 11 is 3.21. The molecule has 1 aliphatic heterocycles. The second-order valence-electron chi connectivity index (χ2n) is 6.57. The van der Waals surface area contributed by atoms with Gasteiger partial charge in [-0.1, -0.05) is 11.3 Å². The Morgan fingerprint density at radius 3 is 2.50 bits per heavy atom. The molecule has 2 heterocycles. The summed E-state index contributed by atoms with van der Waals surface area (Å²) in [6.07, 6.45) is 0. The third kappa shape index (κ3) is 3.88. The van der Waals surface area contributed by atoms with E-state index in [1.807, 2.05) is 38.4 Å². The molecule has 1 aliphatic rings. The highest BCUT2D eigenvalue weighted by molar-refractivity contribution is 8.02. The fourth-order valence-electron chi connectivity index (χ4n) is 2.82. The normalized spacial score (nSPS) is 15.8. The Balaban J connectivity index is 1.45. The lowest BCUT2D eigenvalue weighted by atomic mass is 10.1. The van der Waals surface area contributed by atoms with E-state index in [0.717, 1.165) is 32.6 Å². The molecular weight excluding hydrogens is 390 g/mol. The maximum Gasteiger partial charge on any atom is 0.189 e. The number of thiazole rings is 1. The Labute approximate surface area is 172 Å². The van der Waals surface area contributed by atoms with Gasteiger partial charge in [-0.2, -0.15) is 0 Å². The minimum Gasteiger partial charge on any atom is -0.508 e. The summed E-state index contributed by atoms with van der Waals surface area (Å²) in [5.41, 5.74) is 10.3. The highest BCUT2D eigenvalue weighted by Gasteiger charge is 2.24. The van der Waals surface area contributed by atoms with Gasteiger partial charge in [0.2, 0.25) is 0 Å². The Hall–Kier alpha value is -2.84. The molecule has 1 unspecified atom stereocenters. The molecule has 0 aliphatic carbocycles. The zero-order valence-corrected chi connectivity index (χ0v) is 17.1. The Morgan fingerprint density at radius 1 is 1.11 bits per heavy atom. The van der Waals surface area contributed by atoms with Crippen molar-refractivity contribution in [2.75, 3.05) is 30.0 Å². The molecule has 28 heavy (non-hydrogen) atoms. The first-order valence-electron chi connectivity index (χ1n) is 8.72. The number of rotatable bonds is 5. The number of aromatic hydroxyl groups is 1. The molecule has 0 bridgehead atoms. The monoisotopic (exact) mass is 411 g/mol. The van der Waals surface area contributed by atoms with Crippen LogP contribution in [0.2, 0.25) is 0 Å². The van der Waals surface area contributed by atoms with Crippen molar-refractivity contribution in [2.24, 2.45) is 0 Å². The number of nitrogens with two attached hydrogens (primary N) is 1. The lowest BCUT2D eigenvalue weighted by Crippen LogP contribution is -2.12. The van der Waals surface area contributed by atoms with Crippen molar-refractivity contribution in [1.82, 2.24) is 10.3 Å². The molecule has 144 valence electrons. The summed E-state index contributed by atoms with van der Waals surface area (Å²) < 4.78 is 0. The zero-order chi connectivity index (χ0) is 19.7. The van der Waals surface area contributed by atoms with Crippen LogP contribution in [0.4, 0.5) is 22.3 Å². The minimum atomic E-state index is 0.0213. The van der Waals surface area contributed by atoms with Gasteiger partial charge in [-0.3, -0.25) is 0 Å². The molecule has 2 aromatic carbocycles. The number of aromatic nitrogens is 1. The van der Waals surface area contributed by atoms with Gasteiger partial charge in [0.05, 0.1) is 4.88 Å². The molecular formula is C20H21N5OS2. The predicted molar refractivity (Wildman–Crippen MR) is 120 cm³/mol. The van der Waals surface area contributed by atoms with Crippen molar-refractivity contribution < 1.29 is 5.11 Å². The topological polar surface area (TPSA) is 86.4 Å². The van der Waals surface area contributed by atoms with E-state index in [-0.39, 0.29) is 11.1 Å². The van der Waals surface area contributed by atoms with Gasteiger partial charge < -0.3 is 26.4 Å². The van der Waals surface area contributed by atoms with Gasteiger partial charge in [0.15, 0.2) is 5.13 Å². The number of anilines is 4. The Kier molecular flexibility index (Phi) is 5.06. The average Bonchev–Trinajstić information content (AvgIpc) is 3.29. The molecule has 0 fully saturated rings. The zero-order valence-electron chi connectivity index (χ0n) is 15.5. The molecule has 0 saturated carbocycles. The van der Waals surface area contributed by atoms with Crippen molar-refractivity contribution in [1.29, 1.82) is 0 Å². The number of nitrogens with one attached hydrogen (secondary N) is 2. The van der Waals surface area contributed by atoms with Crippen LogP contribution in [0.15, 0.2) is 53.9 Å². The summed E-state index contributed by atoms with van der Waals surface area (Å²) in [6, 6.07) is 15.3. The number of nitrogen functional groups attached to an aromatic ring is 1. The number of nitrogens with zero attached hydrogens (tertiary/aromatic N) is 2. The van der Waals surface area contributed by atoms with E-state index in [0.29, 0.717) is 5.82 Å². The van der Waals surface area contributed by atoms with Crippen LogP contribution < -0.4 is 21.3 Å². The van der Waals surface area contributed by atoms with Gasteiger partial charge in [0.25, 0.3) is 0 Å². The van der Waals surface area contributed by atoms with E-state index >= 15 is 0 Å². The van der Waals surface area contributed by atoms with E-state index in [9.17, 15) is 5.11 Å². The highest BCUT2D eigenvalue weighted by Crippen LogP contribution is 2.43. The quantitative estimate of drug-likeness (QED) is 0.489. The fourth-order valence-corrected chi connectivity index (χ4v) is 4.88. The number of hydrogen-bond acceptors (Lipinski definition) is 8. The van der Waals surface area contributed by atoms with Crippen LogP contribution in [0.25, 0.3) is 5.70 Å².